The summed E-state index contributed by atoms with van der Waals surface area (Å²) >= 11 is 0. The Kier molecular flexibility index (Phi) is 4.77. The van der Waals surface area contributed by atoms with Crippen molar-refractivity contribution in [2.45, 2.75) is 45.8 Å². The molecule has 1 fully saturated rings. The Balaban J connectivity index is 1.85. The van der Waals surface area contributed by atoms with Crippen LogP contribution in [0.3, 0.4) is 0 Å². The summed E-state index contributed by atoms with van der Waals surface area (Å²) in [6.07, 6.45) is 0.314. The van der Waals surface area contributed by atoms with Gasteiger partial charge in [0.25, 0.3) is 0 Å². The van der Waals surface area contributed by atoms with Crippen LogP contribution in [0.25, 0.3) is 0 Å². The molecule has 0 aliphatic carbocycles. The molecule has 1 aliphatic rings. The summed E-state index contributed by atoms with van der Waals surface area (Å²) in [6.45, 7) is 9.98. The zero-order chi connectivity index (χ0) is 14.7. The lowest BCUT2D eigenvalue weighted by Gasteiger charge is -2.34. The standard InChI is InChI=1S/C14H23N3O3/c1-9(2)12-5-14(20-16-12)15-13(18)8-17-6-10(3)19-11(4)7-17/h5,9-11H,6-8H2,1-4H3,(H,15,18). The molecule has 0 saturated carbocycles. The van der Waals surface area contributed by atoms with Crippen LogP contribution in [-0.4, -0.2) is 47.8 Å². The van der Waals surface area contributed by atoms with Crippen LogP contribution in [0.4, 0.5) is 5.88 Å². The minimum Gasteiger partial charge on any atom is -0.373 e. The molecule has 0 bridgehead atoms. The lowest BCUT2D eigenvalue weighted by Crippen LogP contribution is -2.48. The van der Waals surface area contributed by atoms with Crippen molar-refractivity contribution in [2.24, 2.45) is 0 Å². The number of amides is 1. The highest BCUT2D eigenvalue weighted by Crippen LogP contribution is 2.17. The summed E-state index contributed by atoms with van der Waals surface area (Å²) in [5.74, 6) is 0.608. The van der Waals surface area contributed by atoms with Gasteiger partial charge < -0.3 is 9.26 Å². The number of nitrogens with zero attached hydrogens (tertiary/aromatic N) is 2. The molecular formula is C14H23N3O3. The van der Waals surface area contributed by atoms with Crippen molar-refractivity contribution in [2.75, 3.05) is 25.0 Å². The van der Waals surface area contributed by atoms with Gasteiger partial charge in [-0.1, -0.05) is 19.0 Å². The second-order valence-corrected chi connectivity index (χ2v) is 5.77. The minimum absolute atomic E-state index is 0.0854. The number of carbonyl (C=O) groups excluding carboxylic acids is 1. The van der Waals surface area contributed by atoms with Gasteiger partial charge in [-0.05, 0) is 19.8 Å². The maximum Gasteiger partial charge on any atom is 0.240 e. The predicted molar refractivity (Wildman–Crippen MR) is 75.7 cm³/mol. The summed E-state index contributed by atoms with van der Waals surface area (Å²) in [5.41, 5.74) is 0.842. The fourth-order valence-electron chi connectivity index (χ4n) is 2.41. The van der Waals surface area contributed by atoms with Gasteiger partial charge in [0.1, 0.15) is 0 Å². The molecule has 2 rings (SSSR count). The first-order valence-electron chi connectivity index (χ1n) is 7.08. The molecule has 1 amide bonds. The van der Waals surface area contributed by atoms with Crippen LogP contribution in [0.5, 0.6) is 0 Å². The van der Waals surface area contributed by atoms with Crippen LogP contribution in [0, 0.1) is 0 Å². The molecule has 0 aromatic carbocycles. The van der Waals surface area contributed by atoms with E-state index in [-0.39, 0.29) is 24.0 Å². The molecule has 1 aromatic heterocycles. The van der Waals surface area contributed by atoms with E-state index in [4.69, 9.17) is 9.26 Å². The van der Waals surface area contributed by atoms with Gasteiger partial charge >= 0.3 is 0 Å². The second-order valence-electron chi connectivity index (χ2n) is 5.77. The van der Waals surface area contributed by atoms with Crippen molar-refractivity contribution in [3.05, 3.63) is 11.8 Å². The molecule has 2 heterocycles. The third-order valence-corrected chi connectivity index (χ3v) is 3.24. The second kappa shape index (κ2) is 6.37. The number of anilines is 1. The number of hydrogen-bond donors (Lipinski definition) is 1. The lowest BCUT2D eigenvalue weighted by molar-refractivity contribution is -0.121. The SMILES string of the molecule is CC1CN(CC(=O)Nc2cc(C(C)C)no2)CC(C)O1. The van der Waals surface area contributed by atoms with Crippen LogP contribution in [-0.2, 0) is 9.53 Å². The van der Waals surface area contributed by atoms with Gasteiger partial charge in [0.2, 0.25) is 11.8 Å². The summed E-state index contributed by atoms with van der Waals surface area (Å²) in [5, 5.41) is 6.66. The monoisotopic (exact) mass is 281 g/mol. The van der Waals surface area contributed by atoms with Crippen LogP contribution in [0.1, 0.15) is 39.3 Å². The Morgan fingerprint density at radius 1 is 1.45 bits per heavy atom. The number of nitrogens with one attached hydrogen (secondary N) is 1. The zero-order valence-electron chi connectivity index (χ0n) is 12.5. The van der Waals surface area contributed by atoms with E-state index < -0.39 is 0 Å². The van der Waals surface area contributed by atoms with Gasteiger partial charge in [0.15, 0.2) is 0 Å². The molecule has 0 radical (unpaired) electrons. The summed E-state index contributed by atoms with van der Waals surface area (Å²) in [7, 11) is 0. The van der Waals surface area contributed by atoms with E-state index in [2.05, 4.69) is 15.4 Å². The van der Waals surface area contributed by atoms with Gasteiger partial charge in [-0.15, -0.1) is 0 Å². The Morgan fingerprint density at radius 3 is 2.65 bits per heavy atom. The third kappa shape index (κ3) is 4.05. The molecular weight excluding hydrogens is 258 g/mol. The van der Waals surface area contributed by atoms with Crippen molar-refractivity contribution in [3.63, 3.8) is 0 Å². The van der Waals surface area contributed by atoms with Gasteiger partial charge in [-0.3, -0.25) is 15.0 Å². The summed E-state index contributed by atoms with van der Waals surface area (Å²) < 4.78 is 10.7. The predicted octanol–water partition coefficient (Wildman–Crippen LogP) is 1.85. The normalized spacial score (nSPS) is 24.1. The molecule has 2 unspecified atom stereocenters. The summed E-state index contributed by atoms with van der Waals surface area (Å²) in [4.78, 5) is 14.1. The molecule has 6 nitrogen and oxygen atoms in total. The average Bonchev–Trinajstić information content (AvgIpc) is 2.75. The highest BCUT2D eigenvalue weighted by molar-refractivity contribution is 5.90. The Bertz CT molecular complexity index is 448. The highest BCUT2D eigenvalue weighted by Gasteiger charge is 2.24. The average molecular weight is 281 g/mol. The molecule has 0 spiro atoms. The van der Waals surface area contributed by atoms with Gasteiger partial charge in [0.05, 0.1) is 24.4 Å². The molecule has 1 N–H and O–H groups in total. The van der Waals surface area contributed by atoms with Crippen LogP contribution in [0.15, 0.2) is 10.6 Å². The highest BCUT2D eigenvalue weighted by atomic mass is 16.5. The zero-order valence-corrected chi connectivity index (χ0v) is 12.5. The number of rotatable bonds is 4. The third-order valence-electron chi connectivity index (χ3n) is 3.24. The maximum absolute atomic E-state index is 12.0. The number of aromatic nitrogens is 1. The number of hydrogen-bond acceptors (Lipinski definition) is 5. The topological polar surface area (TPSA) is 67.6 Å². The molecule has 112 valence electrons. The first-order valence-corrected chi connectivity index (χ1v) is 7.08. The fourth-order valence-corrected chi connectivity index (χ4v) is 2.41. The Labute approximate surface area is 119 Å². The molecule has 1 aliphatic heterocycles. The van der Waals surface area contributed by atoms with Gasteiger partial charge in [-0.25, -0.2) is 0 Å². The van der Waals surface area contributed by atoms with E-state index in [1.54, 1.807) is 6.07 Å². The molecule has 6 heteroatoms. The lowest BCUT2D eigenvalue weighted by atomic mass is 10.1. The molecule has 1 saturated heterocycles. The maximum atomic E-state index is 12.0. The van der Waals surface area contributed by atoms with Crippen molar-refractivity contribution in [1.82, 2.24) is 10.1 Å². The van der Waals surface area contributed by atoms with E-state index in [0.29, 0.717) is 12.4 Å². The van der Waals surface area contributed by atoms with Gasteiger partial charge in [-0.2, -0.15) is 0 Å². The summed E-state index contributed by atoms with van der Waals surface area (Å²) in [6, 6.07) is 1.77. The van der Waals surface area contributed by atoms with Crippen LogP contribution in [0.2, 0.25) is 0 Å². The molecule has 2 atom stereocenters. The van der Waals surface area contributed by atoms with Crippen molar-refractivity contribution < 1.29 is 14.1 Å². The number of carbonyl (C=O) groups is 1. The number of ether oxygens (including phenoxy) is 1. The van der Waals surface area contributed by atoms with Crippen molar-refractivity contribution >= 4 is 11.8 Å². The van der Waals surface area contributed by atoms with E-state index in [1.807, 2.05) is 27.7 Å². The van der Waals surface area contributed by atoms with E-state index in [9.17, 15) is 4.79 Å². The van der Waals surface area contributed by atoms with Crippen molar-refractivity contribution in [3.8, 4) is 0 Å². The first-order chi connectivity index (χ1) is 9.44. The quantitative estimate of drug-likeness (QED) is 0.912. The molecule has 20 heavy (non-hydrogen) atoms. The number of morpholine rings is 1. The smallest absolute Gasteiger partial charge is 0.240 e. The van der Waals surface area contributed by atoms with Gasteiger partial charge in [0, 0.05) is 19.2 Å². The first kappa shape index (κ1) is 15.0. The largest absolute Gasteiger partial charge is 0.373 e. The van der Waals surface area contributed by atoms with Crippen LogP contribution < -0.4 is 5.32 Å². The van der Waals surface area contributed by atoms with E-state index in [0.717, 1.165) is 18.8 Å². The molecule has 1 aromatic rings. The fraction of sp³-hybridized carbons (Fsp3) is 0.714. The minimum atomic E-state index is -0.0854. The van der Waals surface area contributed by atoms with E-state index in [1.165, 1.54) is 0 Å². The Morgan fingerprint density at radius 2 is 2.10 bits per heavy atom. The van der Waals surface area contributed by atoms with Crippen LogP contribution >= 0.6 is 0 Å². The van der Waals surface area contributed by atoms with E-state index >= 15 is 0 Å². The van der Waals surface area contributed by atoms with Crippen molar-refractivity contribution in [1.29, 1.82) is 0 Å². The Hall–Kier alpha value is -1.40.